The van der Waals surface area contributed by atoms with Crippen molar-refractivity contribution in [2.24, 2.45) is 4.99 Å². The molecule has 24 heteroatoms. The molecule has 8 aromatic rings. The third-order valence-electron chi connectivity index (χ3n) is 21.0. The van der Waals surface area contributed by atoms with E-state index in [1.165, 1.54) is 64.4 Å². The second-order valence-corrected chi connectivity index (χ2v) is 46.2. The smallest absolute Gasteiger partial charge is 0.214 e. The molecule has 1 aliphatic heterocycles. The number of thiazole rings is 3. The second kappa shape index (κ2) is 54.9. The van der Waals surface area contributed by atoms with Crippen molar-refractivity contribution in [3.8, 4) is 0 Å². The van der Waals surface area contributed by atoms with Crippen LogP contribution in [0.3, 0.4) is 0 Å². The second-order valence-electron chi connectivity index (χ2n) is 42.4. The molecule has 9 heterocycles. The highest BCUT2D eigenvalue weighted by atomic mass is 32.1. The van der Waals surface area contributed by atoms with Crippen LogP contribution in [0.2, 0.25) is 0 Å². The fourth-order valence-corrected chi connectivity index (χ4v) is 20.1. The Morgan fingerprint density at radius 3 is 1.03 bits per heavy atom. The first-order chi connectivity index (χ1) is 57.4. The molecule has 0 aromatic carbocycles. The zero-order valence-corrected chi connectivity index (χ0v) is 93.3. The van der Waals surface area contributed by atoms with Gasteiger partial charge in [0.05, 0.1) is 95.8 Å². The highest BCUT2D eigenvalue weighted by molar-refractivity contribution is 7.12. The Kier molecular flexibility index (Phi) is 55.1. The Hall–Kier alpha value is -5.87. The molecule has 21 nitrogen and oxygen atoms in total. The molecule has 1 aliphatic rings. The first kappa shape index (κ1) is 131. The Labute approximate surface area is 816 Å². The molecule has 9 rings (SSSR count). The van der Waals surface area contributed by atoms with Gasteiger partial charge in [-0.1, -0.05) is 98.9 Å². The molecule has 0 fully saturated rings. The van der Waals surface area contributed by atoms with E-state index in [9.17, 15) is 0 Å². The van der Waals surface area contributed by atoms with Gasteiger partial charge in [0.1, 0.15) is 45.3 Å². The van der Waals surface area contributed by atoms with Crippen molar-refractivity contribution in [1.29, 1.82) is 0 Å². The van der Waals surface area contributed by atoms with E-state index < -0.39 is 0 Å². The first-order valence-corrected chi connectivity index (χ1v) is 48.9. The van der Waals surface area contributed by atoms with E-state index >= 15 is 0 Å². The third kappa shape index (κ3) is 43.2. The van der Waals surface area contributed by atoms with Gasteiger partial charge in [0.25, 0.3) is 0 Å². The van der Waals surface area contributed by atoms with Crippen molar-refractivity contribution >= 4 is 39.7 Å². The summed E-state index contributed by atoms with van der Waals surface area (Å²) in [6, 6.07) is 4.13. The number of furan rings is 2. The molecule has 0 unspecified atom stereocenters. The molecule has 0 atom stereocenters. The zero-order chi connectivity index (χ0) is 99.2. The van der Waals surface area contributed by atoms with Gasteiger partial charge in [0.2, 0.25) is 5.89 Å². The molecular weight excluding hydrogens is 1690 g/mol. The molecule has 0 aliphatic carbocycles. The summed E-state index contributed by atoms with van der Waals surface area (Å²) >= 11 is 5.35. The van der Waals surface area contributed by atoms with Gasteiger partial charge in [-0.3, -0.25) is 4.99 Å². The summed E-state index contributed by atoms with van der Waals surface area (Å²) in [5.41, 5.74) is 14.9. The Bertz CT molecular complexity index is 4270. The Balaban J connectivity index is -0.000000690. The number of hydrogen-bond donors (Lipinski definition) is 9. The van der Waals surface area contributed by atoms with Crippen LogP contribution in [0, 0.1) is 118 Å². The number of aryl methyl sites for hydroxylation is 15. The van der Waals surface area contributed by atoms with E-state index in [4.69, 9.17) is 22.1 Å². The van der Waals surface area contributed by atoms with Crippen molar-refractivity contribution in [2.45, 2.75) is 515 Å². The van der Waals surface area contributed by atoms with Gasteiger partial charge in [0, 0.05) is 99.5 Å². The summed E-state index contributed by atoms with van der Waals surface area (Å²) in [5, 5.41) is 35.1. The normalized spacial score (nSPS) is 12.7. The highest BCUT2D eigenvalue weighted by Gasteiger charge is 2.35. The predicted molar refractivity (Wildman–Crippen MR) is 574 cm³/mol. The average Bonchev–Trinajstić information content (AvgIpc) is 1.64. The van der Waals surface area contributed by atoms with Crippen LogP contribution in [-0.2, 0) is 44.3 Å². The summed E-state index contributed by atoms with van der Waals surface area (Å²) in [4.78, 5) is 35.3. The van der Waals surface area contributed by atoms with Crippen molar-refractivity contribution < 1.29 is 22.1 Å². The largest absolute Gasteiger partial charge is 0.467 e. The summed E-state index contributed by atoms with van der Waals surface area (Å²) in [7, 11) is 0. The lowest BCUT2D eigenvalue weighted by Gasteiger charge is -2.30. The zero-order valence-electron chi connectivity index (χ0n) is 90.9. The van der Waals surface area contributed by atoms with E-state index in [1.807, 2.05) is 61.7 Å². The minimum absolute atomic E-state index is 0. The number of nitrogens with zero attached hydrogens (tertiary/aromatic N) is 7. The van der Waals surface area contributed by atoms with Crippen LogP contribution in [-0.4, -0.2) is 102 Å². The van der Waals surface area contributed by atoms with Gasteiger partial charge in [-0.2, -0.15) is 0 Å². The molecule has 0 spiro atoms. The van der Waals surface area contributed by atoms with Crippen molar-refractivity contribution in [3.05, 3.63) is 156 Å². The number of aliphatic imine (C=N–C) groups is 1. The van der Waals surface area contributed by atoms with Crippen molar-refractivity contribution in [3.63, 3.8) is 0 Å². The number of hydrogen-bond acceptors (Lipinski definition) is 24. The maximum absolute atomic E-state index is 5.67. The summed E-state index contributed by atoms with van der Waals surface area (Å²) in [6.45, 7) is 117. The van der Waals surface area contributed by atoms with Gasteiger partial charge in [0.15, 0.2) is 11.8 Å². The lowest BCUT2D eigenvalue weighted by molar-refractivity contribution is 0.282. The Morgan fingerprint density at radius 2 is 0.702 bits per heavy atom. The van der Waals surface area contributed by atoms with Gasteiger partial charge < -0.3 is 69.9 Å². The maximum atomic E-state index is 5.67. The lowest BCUT2D eigenvalue weighted by Crippen LogP contribution is -2.49. The van der Waals surface area contributed by atoms with Gasteiger partial charge in [-0.25, -0.2) is 29.9 Å². The van der Waals surface area contributed by atoms with Crippen LogP contribution in [0.25, 0.3) is 0 Å². The molecular formula is C107H202N16O5S3. The lowest BCUT2D eigenvalue weighted by atomic mass is 9.90. The van der Waals surface area contributed by atoms with E-state index in [0.29, 0.717) is 54.4 Å². The topological polar surface area (TPSA) is 264 Å². The summed E-state index contributed by atoms with van der Waals surface area (Å²) in [6.07, 6.45) is 1.83. The molecule has 0 saturated heterocycles. The van der Waals surface area contributed by atoms with Crippen molar-refractivity contribution in [2.75, 3.05) is 6.54 Å². The van der Waals surface area contributed by atoms with Crippen LogP contribution in [0.5, 0.6) is 0 Å². The van der Waals surface area contributed by atoms with Crippen LogP contribution < -0.4 is 47.9 Å². The van der Waals surface area contributed by atoms with Gasteiger partial charge in [-0.15, -0.1) is 34.0 Å². The molecule has 758 valence electrons. The van der Waals surface area contributed by atoms with E-state index in [1.54, 1.807) is 34.0 Å². The van der Waals surface area contributed by atoms with E-state index in [0.717, 1.165) is 97.3 Å². The molecule has 0 radical (unpaired) electrons. The molecule has 0 saturated carbocycles. The Morgan fingerprint density at radius 1 is 0.305 bits per heavy atom. The van der Waals surface area contributed by atoms with Gasteiger partial charge >= 0.3 is 0 Å². The molecule has 0 amide bonds. The van der Waals surface area contributed by atoms with Gasteiger partial charge in [-0.05, 0) is 326 Å². The summed E-state index contributed by atoms with van der Waals surface area (Å²) < 4.78 is 27.9. The molecule has 0 bridgehead atoms. The standard InChI is InChI=1S/C13H23NO.C12H22N2.C12H21NO.3C11H20N2O.3C11H20N2S.4CH4/c1-8(2)14-13(6,7)12-9(3)10(4)15-11(12)5;1-8(2)14-12(5,6)11-10(4)9(3)7-13-11;1-8(2)13-12(5,6)11-10(4)9(3)7-14-11;1-7(2)13-11(5,6)10-8(3)14-9(4)12-10;1-7(2)13-11(5,6)10-8(3)12-9(4)14-10;1-7(2)13-11(5,6)10-12-8(3)9(4)14-10;1-7(2)13-11(5,6)10-8(3)14-9(4)12-10;1-7(2)13-11(5,6)10-8(3)12-9(4)14-10;1-7(2)13-11(5,6)10-12-8(3)9(4)14-10;;;;/h8,14H,1-7H3;8,14H,7H2,1-6H3;7-8,13H,1-6H3;6*7,13H,1-6H3;4*1H4. The molecule has 9 N–H and O–H groups in total. The highest BCUT2D eigenvalue weighted by Crippen LogP contribution is 2.36. The number of nitrogens with one attached hydrogen (secondary N) is 9. The summed E-state index contributed by atoms with van der Waals surface area (Å²) in [5.74, 6) is 8.07. The van der Waals surface area contributed by atoms with Crippen molar-refractivity contribution in [1.82, 2.24) is 77.8 Å². The monoisotopic (exact) mass is 1890 g/mol. The fraction of sp³-hybridized carbons (Fsp3) is 0.729. The minimum atomic E-state index is -0.201. The number of aromatic nitrogens is 6. The molecule has 131 heavy (non-hydrogen) atoms. The number of oxazole rings is 3. The maximum Gasteiger partial charge on any atom is 0.214 e. The minimum Gasteiger partial charge on any atom is -0.467 e. The van der Waals surface area contributed by atoms with Crippen LogP contribution >= 0.6 is 34.0 Å². The van der Waals surface area contributed by atoms with Crippen LogP contribution in [0.15, 0.2) is 44.5 Å². The van der Waals surface area contributed by atoms with E-state index in [2.05, 4.69) is 408 Å². The number of rotatable bonds is 27. The predicted octanol–water partition coefficient (Wildman–Crippen LogP) is 28.2. The molecule has 8 aromatic heterocycles. The average molecular weight is 1890 g/mol. The SMILES string of the molecule is C.C.C.C.CC1=C(C)C(C(C)(C)NC(C)C)=NC1.Cc1coc(C(C)(C)NC(C)C)c1C.Cc1nc(C(C)(C)NC(C)C)c(C)o1.Cc1nc(C(C)(C)NC(C)C)c(C)s1.Cc1nc(C(C)(C)NC(C)C)oc1C.Cc1nc(C(C)(C)NC(C)C)sc1C.Cc1nc(C)c(C(C)(C)NC(C)C)o1.Cc1nc(C)c(C(C)(C)NC(C)C)s1.Cc1oc(C)c(C(C)(C)NC(C)C)c1C. The first-order valence-electron chi connectivity index (χ1n) is 46.4. The van der Waals surface area contributed by atoms with Crippen LogP contribution in [0.1, 0.15) is 431 Å². The third-order valence-corrected chi connectivity index (χ3v) is 24.7. The van der Waals surface area contributed by atoms with E-state index in [-0.39, 0.29) is 79.6 Å². The quantitative estimate of drug-likeness (QED) is 0.0232. The fourth-order valence-electron chi connectivity index (χ4n) is 17.1. The van der Waals surface area contributed by atoms with Crippen LogP contribution in [0.4, 0.5) is 0 Å².